The SMILES string of the molecule is CCN1CCN(C(=O)c2nn(-c3cccc(NC(C)=O)c3)c3c2CCc2sccc2-3)CC1. The van der Waals surface area contributed by atoms with Gasteiger partial charge in [0.25, 0.3) is 5.91 Å². The largest absolute Gasteiger partial charge is 0.335 e. The van der Waals surface area contributed by atoms with Gasteiger partial charge in [-0.05, 0) is 49.0 Å². The zero-order chi connectivity index (χ0) is 22.2. The normalized spacial score (nSPS) is 15.9. The second-order valence-electron chi connectivity index (χ2n) is 8.30. The van der Waals surface area contributed by atoms with Gasteiger partial charge >= 0.3 is 0 Å². The standard InChI is InChI=1S/C24H27N5O2S/c1-3-27-10-12-28(13-11-27)24(31)22-20-7-8-21-19(9-14-32-21)23(20)29(26-22)18-6-4-5-17(15-18)25-16(2)30/h4-6,9,14-15H,3,7-8,10-13H2,1-2H3,(H,25,30). The third-order valence-corrected chi connectivity index (χ3v) is 7.29. The number of piperazine rings is 1. The van der Waals surface area contributed by atoms with Crippen molar-refractivity contribution in [3.05, 3.63) is 51.8 Å². The highest BCUT2D eigenvalue weighted by molar-refractivity contribution is 7.10. The van der Waals surface area contributed by atoms with Crippen molar-refractivity contribution < 1.29 is 9.59 Å². The molecule has 0 saturated carbocycles. The van der Waals surface area contributed by atoms with E-state index in [1.807, 2.05) is 33.8 Å². The number of thiophene rings is 1. The van der Waals surface area contributed by atoms with E-state index in [4.69, 9.17) is 5.10 Å². The highest BCUT2D eigenvalue weighted by atomic mass is 32.1. The number of hydrogen-bond acceptors (Lipinski definition) is 5. The maximum absolute atomic E-state index is 13.6. The molecule has 0 spiro atoms. The molecule has 7 nitrogen and oxygen atoms in total. The number of fused-ring (bicyclic) bond motifs is 3. The fraction of sp³-hybridized carbons (Fsp3) is 0.375. The summed E-state index contributed by atoms with van der Waals surface area (Å²) in [5.41, 5.74) is 5.30. The van der Waals surface area contributed by atoms with Crippen molar-refractivity contribution in [2.75, 3.05) is 38.0 Å². The third kappa shape index (κ3) is 3.73. The number of benzene rings is 1. The van der Waals surface area contributed by atoms with Crippen LogP contribution in [0.5, 0.6) is 0 Å². The first kappa shape index (κ1) is 20.9. The Bertz CT molecular complexity index is 1170. The van der Waals surface area contributed by atoms with Gasteiger partial charge in [0.05, 0.1) is 11.4 Å². The summed E-state index contributed by atoms with van der Waals surface area (Å²) in [6.07, 6.45) is 1.74. The van der Waals surface area contributed by atoms with Gasteiger partial charge in [0.15, 0.2) is 5.69 Å². The molecule has 0 atom stereocenters. The maximum atomic E-state index is 13.6. The molecule has 32 heavy (non-hydrogen) atoms. The van der Waals surface area contributed by atoms with Crippen LogP contribution in [0.3, 0.4) is 0 Å². The summed E-state index contributed by atoms with van der Waals surface area (Å²) in [6.45, 7) is 7.93. The van der Waals surface area contributed by atoms with Gasteiger partial charge in [0, 0.05) is 54.8 Å². The average Bonchev–Trinajstić information content (AvgIpc) is 3.43. The number of likely N-dealkylation sites (N-methyl/N-ethyl adjacent to an activating group) is 1. The van der Waals surface area contributed by atoms with E-state index in [2.05, 4.69) is 28.6 Å². The van der Waals surface area contributed by atoms with Gasteiger partial charge in [-0.3, -0.25) is 9.59 Å². The fourth-order valence-corrected chi connectivity index (χ4v) is 5.52. The number of hydrogen-bond donors (Lipinski definition) is 1. The zero-order valence-electron chi connectivity index (χ0n) is 18.4. The van der Waals surface area contributed by atoms with Crippen LogP contribution >= 0.6 is 11.3 Å². The molecule has 2 aromatic heterocycles. The van der Waals surface area contributed by atoms with Crippen LogP contribution in [0.2, 0.25) is 0 Å². The Morgan fingerprint density at radius 1 is 1.12 bits per heavy atom. The van der Waals surface area contributed by atoms with Gasteiger partial charge in [-0.15, -0.1) is 11.3 Å². The zero-order valence-corrected chi connectivity index (χ0v) is 19.2. The van der Waals surface area contributed by atoms with Crippen LogP contribution < -0.4 is 5.32 Å². The van der Waals surface area contributed by atoms with E-state index in [-0.39, 0.29) is 11.8 Å². The first-order valence-corrected chi connectivity index (χ1v) is 12.0. The number of amides is 2. The summed E-state index contributed by atoms with van der Waals surface area (Å²) in [6, 6.07) is 9.76. The van der Waals surface area contributed by atoms with Crippen molar-refractivity contribution in [1.82, 2.24) is 19.6 Å². The smallest absolute Gasteiger partial charge is 0.274 e. The molecule has 0 unspecified atom stereocenters. The van der Waals surface area contributed by atoms with Crippen molar-refractivity contribution in [3.8, 4) is 16.9 Å². The monoisotopic (exact) mass is 449 g/mol. The van der Waals surface area contributed by atoms with E-state index in [0.29, 0.717) is 11.4 Å². The van der Waals surface area contributed by atoms with E-state index in [1.165, 1.54) is 11.8 Å². The summed E-state index contributed by atoms with van der Waals surface area (Å²) >= 11 is 1.75. The second-order valence-corrected chi connectivity index (χ2v) is 9.30. The molecule has 166 valence electrons. The number of nitrogens with zero attached hydrogens (tertiary/aromatic N) is 4. The molecule has 2 amide bonds. The topological polar surface area (TPSA) is 70.5 Å². The summed E-state index contributed by atoms with van der Waals surface area (Å²) < 4.78 is 1.89. The van der Waals surface area contributed by atoms with Crippen molar-refractivity contribution in [2.45, 2.75) is 26.7 Å². The van der Waals surface area contributed by atoms with Crippen LogP contribution in [0.4, 0.5) is 5.69 Å². The minimum atomic E-state index is -0.119. The van der Waals surface area contributed by atoms with Crippen molar-refractivity contribution in [3.63, 3.8) is 0 Å². The third-order valence-electron chi connectivity index (χ3n) is 6.31. The maximum Gasteiger partial charge on any atom is 0.274 e. The molecular weight excluding hydrogens is 422 g/mol. The number of carbonyl (C=O) groups excluding carboxylic acids is 2. The summed E-state index contributed by atoms with van der Waals surface area (Å²) in [5, 5.41) is 9.83. The van der Waals surface area contributed by atoms with Crippen LogP contribution in [0.15, 0.2) is 35.7 Å². The van der Waals surface area contributed by atoms with Gasteiger partial charge in [-0.1, -0.05) is 13.0 Å². The van der Waals surface area contributed by atoms with Crippen LogP contribution in [0, 0.1) is 0 Å². The van der Waals surface area contributed by atoms with E-state index < -0.39 is 0 Å². The van der Waals surface area contributed by atoms with Gasteiger partial charge in [0.2, 0.25) is 5.91 Å². The van der Waals surface area contributed by atoms with Gasteiger partial charge < -0.3 is 15.1 Å². The summed E-state index contributed by atoms with van der Waals surface area (Å²) in [4.78, 5) is 30.7. The van der Waals surface area contributed by atoms with Crippen LogP contribution in [-0.2, 0) is 17.6 Å². The molecule has 1 aliphatic carbocycles. The molecule has 3 heterocycles. The Morgan fingerprint density at radius 2 is 1.94 bits per heavy atom. The highest BCUT2D eigenvalue weighted by Crippen LogP contribution is 2.40. The lowest BCUT2D eigenvalue weighted by Gasteiger charge is -2.33. The lowest BCUT2D eigenvalue weighted by atomic mass is 9.94. The number of aromatic nitrogens is 2. The fourth-order valence-electron chi connectivity index (χ4n) is 4.64. The van der Waals surface area contributed by atoms with Gasteiger partial charge in [-0.25, -0.2) is 4.68 Å². The van der Waals surface area contributed by atoms with E-state index in [9.17, 15) is 9.59 Å². The molecule has 1 fully saturated rings. The molecule has 0 radical (unpaired) electrons. The Hall–Kier alpha value is -2.97. The number of aryl methyl sites for hydroxylation is 1. The van der Waals surface area contributed by atoms with Crippen molar-refractivity contribution >= 4 is 28.8 Å². The Kier molecular flexibility index (Phi) is 5.57. The average molecular weight is 450 g/mol. The predicted octanol–water partition coefficient (Wildman–Crippen LogP) is 3.44. The predicted molar refractivity (Wildman–Crippen MR) is 127 cm³/mol. The molecule has 8 heteroatoms. The first-order chi connectivity index (χ1) is 15.5. The minimum Gasteiger partial charge on any atom is -0.335 e. The van der Waals surface area contributed by atoms with Crippen LogP contribution in [-0.4, -0.2) is 64.1 Å². The molecule has 1 N–H and O–H groups in total. The molecule has 5 rings (SSSR count). The van der Waals surface area contributed by atoms with Crippen molar-refractivity contribution in [2.24, 2.45) is 0 Å². The van der Waals surface area contributed by atoms with Gasteiger partial charge in [-0.2, -0.15) is 5.10 Å². The number of rotatable bonds is 4. The minimum absolute atomic E-state index is 0.0208. The van der Waals surface area contributed by atoms with Crippen molar-refractivity contribution in [1.29, 1.82) is 0 Å². The number of carbonyl (C=O) groups is 2. The number of anilines is 1. The molecule has 2 aliphatic rings. The summed E-state index contributed by atoms with van der Waals surface area (Å²) in [7, 11) is 0. The van der Waals surface area contributed by atoms with E-state index in [1.54, 1.807) is 11.3 Å². The lowest BCUT2D eigenvalue weighted by molar-refractivity contribution is -0.114. The van der Waals surface area contributed by atoms with E-state index in [0.717, 1.165) is 68.1 Å². The molecule has 1 saturated heterocycles. The number of nitrogens with one attached hydrogen (secondary N) is 1. The summed E-state index contributed by atoms with van der Waals surface area (Å²) in [5.74, 6) is -0.0979. The molecular formula is C24H27N5O2S. The van der Waals surface area contributed by atoms with E-state index >= 15 is 0 Å². The first-order valence-electron chi connectivity index (χ1n) is 11.1. The Morgan fingerprint density at radius 3 is 2.69 bits per heavy atom. The van der Waals surface area contributed by atoms with Crippen LogP contribution in [0.1, 0.15) is 34.8 Å². The Balaban J connectivity index is 1.58. The lowest BCUT2D eigenvalue weighted by Crippen LogP contribution is -2.48. The Labute approximate surface area is 191 Å². The molecule has 1 aliphatic heterocycles. The highest BCUT2D eigenvalue weighted by Gasteiger charge is 2.32. The van der Waals surface area contributed by atoms with Gasteiger partial charge in [0.1, 0.15) is 0 Å². The molecule has 3 aromatic rings. The second kappa shape index (κ2) is 8.52. The van der Waals surface area contributed by atoms with Crippen LogP contribution in [0.25, 0.3) is 16.9 Å². The molecule has 1 aromatic carbocycles. The molecule has 0 bridgehead atoms. The quantitative estimate of drug-likeness (QED) is 0.663.